The molecule has 0 saturated heterocycles. The summed E-state index contributed by atoms with van der Waals surface area (Å²) in [6.07, 6.45) is 0. The second kappa shape index (κ2) is 3.57. The Morgan fingerprint density at radius 2 is 2.33 bits per heavy atom. The Morgan fingerprint density at radius 3 is 2.93 bits per heavy atom. The van der Waals surface area contributed by atoms with Gasteiger partial charge in [0.2, 0.25) is 0 Å². The molecule has 0 spiro atoms. The fourth-order valence-electron chi connectivity index (χ4n) is 2.19. The highest BCUT2D eigenvalue weighted by Gasteiger charge is 2.25. The second-order valence-corrected chi connectivity index (χ2v) is 4.02. The maximum atomic E-state index is 10.9. The number of nitrogens with zero attached hydrogens (tertiary/aromatic N) is 1. The van der Waals surface area contributed by atoms with Crippen LogP contribution in [0.25, 0.3) is 0 Å². The largest absolute Gasteiger partial charge is 0.478 e. The van der Waals surface area contributed by atoms with Gasteiger partial charge in [-0.2, -0.15) is 0 Å². The van der Waals surface area contributed by atoms with Gasteiger partial charge in [-0.15, -0.1) is 0 Å². The minimum absolute atomic E-state index is 0.376. The minimum atomic E-state index is -0.853. The van der Waals surface area contributed by atoms with E-state index >= 15 is 0 Å². The van der Waals surface area contributed by atoms with Crippen LogP contribution < -0.4 is 4.90 Å². The van der Waals surface area contributed by atoms with Gasteiger partial charge < -0.3 is 10.0 Å². The monoisotopic (exact) mass is 205 g/mol. The second-order valence-electron chi connectivity index (χ2n) is 4.02. The molecule has 3 heteroatoms. The van der Waals surface area contributed by atoms with Crippen molar-refractivity contribution in [3.05, 3.63) is 29.3 Å². The Kier molecular flexibility index (Phi) is 2.39. The van der Waals surface area contributed by atoms with Crippen molar-refractivity contribution >= 4 is 11.7 Å². The van der Waals surface area contributed by atoms with Crippen LogP contribution in [0.1, 0.15) is 35.7 Å². The molecular formula is C12H15NO2. The fraction of sp³-hybridized carbons (Fsp3) is 0.417. The van der Waals surface area contributed by atoms with E-state index in [-0.39, 0.29) is 0 Å². The Hall–Kier alpha value is -1.51. The Morgan fingerprint density at radius 1 is 1.60 bits per heavy atom. The summed E-state index contributed by atoms with van der Waals surface area (Å²) >= 11 is 0. The first-order chi connectivity index (χ1) is 7.13. The molecule has 1 N–H and O–H groups in total. The topological polar surface area (TPSA) is 40.5 Å². The van der Waals surface area contributed by atoms with Gasteiger partial charge >= 0.3 is 5.97 Å². The SMILES string of the molecule is CCN1CC(C)c2ccc(C(=O)O)cc21. The number of carboxylic acids is 1. The quantitative estimate of drug-likeness (QED) is 0.805. The third-order valence-electron chi connectivity index (χ3n) is 3.02. The number of carboxylic acid groups (broad SMARTS) is 1. The van der Waals surface area contributed by atoms with Crippen LogP contribution in [0.5, 0.6) is 0 Å². The van der Waals surface area contributed by atoms with Crippen LogP contribution in [0, 0.1) is 0 Å². The first-order valence-corrected chi connectivity index (χ1v) is 5.25. The fourth-order valence-corrected chi connectivity index (χ4v) is 2.19. The van der Waals surface area contributed by atoms with Crippen molar-refractivity contribution in [3.63, 3.8) is 0 Å². The van der Waals surface area contributed by atoms with Gasteiger partial charge in [-0.3, -0.25) is 0 Å². The number of likely N-dealkylation sites (N-methyl/N-ethyl adjacent to an activating group) is 1. The number of carbonyl (C=O) groups is 1. The van der Waals surface area contributed by atoms with Crippen molar-refractivity contribution in [2.45, 2.75) is 19.8 Å². The molecule has 2 rings (SSSR count). The minimum Gasteiger partial charge on any atom is -0.478 e. The van der Waals surface area contributed by atoms with E-state index in [0.29, 0.717) is 11.5 Å². The number of hydrogen-bond donors (Lipinski definition) is 1. The Balaban J connectivity index is 2.47. The zero-order valence-corrected chi connectivity index (χ0v) is 9.03. The first-order valence-electron chi connectivity index (χ1n) is 5.25. The summed E-state index contributed by atoms with van der Waals surface area (Å²) in [5.41, 5.74) is 2.73. The number of anilines is 1. The molecule has 1 aliphatic rings. The van der Waals surface area contributed by atoms with Gasteiger partial charge in [-0.05, 0) is 24.6 Å². The molecule has 0 aromatic heterocycles. The molecule has 3 nitrogen and oxygen atoms in total. The lowest BCUT2D eigenvalue weighted by Gasteiger charge is -2.16. The molecule has 0 radical (unpaired) electrons. The van der Waals surface area contributed by atoms with Crippen LogP contribution in [0.4, 0.5) is 5.69 Å². The van der Waals surface area contributed by atoms with Crippen LogP contribution in [0.15, 0.2) is 18.2 Å². The van der Waals surface area contributed by atoms with Gasteiger partial charge in [0.05, 0.1) is 5.56 Å². The standard InChI is InChI=1S/C12H15NO2/c1-3-13-7-8(2)10-5-4-9(12(14)15)6-11(10)13/h4-6,8H,3,7H2,1-2H3,(H,14,15). The van der Waals surface area contributed by atoms with E-state index in [1.165, 1.54) is 5.56 Å². The van der Waals surface area contributed by atoms with Crippen molar-refractivity contribution in [1.29, 1.82) is 0 Å². The molecule has 1 heterocycles. The maximum absolute atomic E-state index is 10.9. The number of hydrogen-bond acceptors (Lipinski definition) is 2. The highest BCUT2D eigenvalue weighted by atomic mass is 16.4. The molecule has 0 saturated carbocycles. The van der Waals surface area contributed by atoms with Gasteiger partial charge in [0, 0.05) is 24.7 Å². The normalized spacial score (nSPS) is 19.1. The van der Waals surface area contributed by atoms with E-state index in [1.54, 1.807) is 12.1 Å². The Labute approximate surface area is 89.3 Å². The summed E-state index contributed by atoms with van der Waals surface area (Å²) in [6.45, 7) is 6.19. The average Bonchev–Trinajstić information content (AvgIpc) is 2.55. The third-order valence-corrected chi connectivity index (χ3v) is 3.02. The summed E-state index contributed by atoms with van der Waals surface area (Å²) in [7, 11) is 0. The third kappa shape index (κ3) is 1.58. The molecule has 0 amide bonds. The molecule has 1 unspecified atom stereocenters. The van der Waals surface area contributed by atoms with E-state index in [4.69, 9.17) is 5.11 Å². The highest BCUT2D eigenvalue weighted by Crippen LogP contribution is 2.36. The van der Waals surface area contributed by atoms with E-state index in [1.807, 2.05) is 6.07 Å². The zero-order chi connectivity index (χ0) is 11.0. The molecule has 0 fully saturated rings. The van der Waals surface area contributed by atoms with Gasteiger partial charge in [0.1, 0.15) is 0 Å². The molecular weight excluding hydrogens is 190 g/mol. The molecule has 1 atom stereocenters. The molecule has 80 valence electrons. The van der Waals surface area contributed by atoms with Gasteiger partial charge in [0.25, 0.3) is 0 Å². The maximum Gasteiger partial charge on any atom is 0.335 e. The Bertz CT molecular complexity index is 401. The smallest absolute Gasteiger partial charge is 0.335 e. The lowest BCUT2D eigenvalue weighted by molar-refractivity contribution is 0.0697. The van der Waals surface area contributed by atoms with Gasteiger partial charge in [-0.25, -0.2) is 4.79 Å². The lowest BCUT2D eigenvalue weighted by Crippen LogP contribution is -2.20. The summed E-state index contributed by atoms with van der Waals surface area (Å²) in [6, 6.07) is 5.42. The van der Waals surface area contributed by atoms with Crippen LogP contribution in [0.3, 0.4) is 0 Å². The summed E-state index contributed by atoms with van der Waals surface area (Å²) in [5, 5.41) is 8.92. The highest BCUT2D eigenvalue weighted by molar-refractivity contribution is 5.89. The van der Waals surface area contributed by atoms with Crippen LogP contribution in [-0.2, 0) is 0 Å². The molecule has 0 aliphatic carbocycles. The number of fused-ring (bicyclic) bond motifs is 1. The lowest BCUT2D eigenvalue weighted by atomic mass is 10.0. The van der Waals surface area contributed by atoms with Crippen molar-refractivity contribution in [3.8, 4) is 0 Å². The summed E-state index contributed by atoms with van der Waals surface area (Å²) in [5.74, 6) is -0.351. The van der Waals surface area contributed by atoms with Crippen molar-refractivity contribution in [2.24, 2.45) is 0 Å². The van der Waals surface area contributed by atoms with Crippen molar-refractivity contribution in [1.82, 2.24) is 0 Å². The van der Waals surface area contributed by atoms with Gasteiger partial charge in [0.15, 0.2) is 0 Å². The first kappa shape index (κ1) is 10.0. The zero-order valence-electron chi connectivity index (χ0n) is 9.03. The summed E-state index contributed by atoms with van der Waals surface area (Å²) < 4.78 is 0. The van der Waals surface area contributed by atoms with Crippen LogP contribution >= 0.6 is 0 Å². The number of aromatic carboxylic acids is 1. The molecule has 1 aromatic carbocycles. The van der Waals surface area contributed by atoms with Gasteiger partial charge in [-0.1, -0.05) is 13.0 Å². The molecule has 0 bridgehead atoms. The van der Waals surface area contributed by atoms with Crippen molar-refractivity contribution < 1.29 is 9.90 Å². The molecule has 15 heavy (non-hydrogen) atoms. The average molecular weight is 205 g/mol. The molecule has 1 aliphatic heterocycles. The van der Waals surface area contributed by atoms with E-state index in [2.05, 4.69) is 18.7 Å². The summed E-state index contributed by atoms with van der Waals surface area (Å²) in [4.78, 5) is 13.1. The van der Waals surface area contributed by atoms with Crippen molar-refractivity contribution in [2.75, 3.05) is 18.0 Å². The predicted molar refractivity (Wildman–Crippen MR) is 59.7 cm³/mol. The van der Waals surface area contributed by atoms with E-state index in [0.717, 1.165) is 18.8 Å². The predicted octanol–water partition coefficient (Wildman–Crippen LogP) is 2.33. The number of rotatable bonds is 2. The van der Waals surface area contributed by atoms with E-state index < -0.39 is 5.97 Å². The van der Waals surface area contributed by atoms with E-state index in [9.17, 15) is 4.79 Å². The molecule has 1 aromatic rings. The van der Waals surface area contributed by atoms with Crippen LogP contribution in [-0.4, -0.2) is 24.2 Å². The number of benzene rings is 1. The van der Waals surface area contributed by atoms with Crippen LogP contribution in [0.2, 0.25) is 0 Å².